The zero-order valence-corrected chi connectivity index (χ0v) is 13.5. The van der Waals surface area contributed by atoms with Crippen LogP contribution in [0.3, 0.4) is 0 Å². The minimum atomic E-state index is -0.0724. The van der Waals surface area contributed by atoms with Crippen LogP contribution in [0.1, 0.15) is 44.3 Å². The number of halogens is 2. The predicted molar refractivity (Wildman–Crippen MR) is 79.5 cm³/mol. The molecule has 0 saturated carbocycles. The topological polar surface area (TPSA) is 43.0 Å². The van der Waals surface area contributed by atoms with E-state index in [4.69, 9.17) is 16.0 Å². The highest BCUT2D eigenvalue weighted by Crippen LogP contribution is 2.32. The largest absolute Gasteiger partial charge is 0.448 e. The van der Waals surface area contributed by atoms with Gasteiger partial charge in [0.05, 0.1) is 16.4 Å². The fourth-order valence-electron chi connectivity index (χ4n) is 2.05. The van der Waals surface area contributed by atoms with Crippen molar-refractivity contribution in [3.8, 4) is 0 Å². The number of nitrogens with one attached hydrogen (secondary N) is 1. The molecule has 0 spiro atoms. The molecule has 104 valence electrons. The summed E-state index contributed by atoms with van der Waals surface area (Å²) in [6, 6.07) is 3.84. The molecule has 19 heavy (non-hydrogen) atoms. The first kappa shape index (κ1) is 14.6. The predicted octanol–water partition coefficient (Wildman–Crippen LogP) is 4.17. The second kappa shape index (κ2) is 6.11. The second-order valence-corrected chi connectivity index (χ2v) is 5.78. The summed E-state index contributed by atoms with van der Waals surface area (Å²) in [7, 11) is 0. The molecule has 0 aliphatic heterocycles. The van der Waals surface area contributed by atoms with E-state index in [1.165, 1.54) is 0 Å². The van der Waals surface area contributed by atoms with Gasteiger partial charge in [-0.25, -0.2) is 0 Å². The monoisotopic (exact) mass is 345 g/mol. The highest BCUT2D eigenvalue weighted by molar-refractivity contribution is 9.10. The summed E-state index contributed by atoms with van der Waals surface area (Å²) in [4.78, 5) is 0. The molecular formula is C13H17BrClN3O. The third kappa shape index (κ3) is 3.04. The third-order valence-electron chi connectivity index (χ3n) is 2.84. The lowest BCUT2D eigenvalue weighted by Gasteiger charge is -2.20. The van der Waals surface area contributed by atoms with Crippen molar-refractivity contribution in [1.82, 2.24) is 15.1 Å². The van der Waals surface area contributed by atoms with Gasteiger partial charge in [-0.1, -0.05) is 6.92 Å². The van der Waals surface area contributed by atoms with Gasteiger partial charge < -0.3 is 9.73 Å². The fourth-order valence-corrected chi connectivity index (χ4v) is 2.71. The normalized spacial score (nSPS) is 13.2. The summed E-state index contributed by atoms with van der Waals surface area (Å²) in [5.41, 5.74) is 1.04. The average molecular weight is 347 g/mol. The lowest BCUT2D eigenvalue weighted by atomic mass is 10.1. The van der Waals surface area contributed by atoms with Gasteiger partial charge in [0.2, 0.25) is 0 Å². The molecule has 0 fully saturated rings. The number of aromatic nitrogens is 2. The molecule has 1 unspecified atom stereocenters. The molecule has 0 radical (unpaired) electrons. The summed E-state index contributed by atoms with van der Waals surface area (Å²) < 4.78 is 8.49. The highest BCUT2D eigenvalue weighted by atomic mass is 79.9. The van der Waals surface area contributed by atoms with E-state index in [2.05, 4.69) is 47.1 Å². The molecule has 0 aromatic carbocycles. The Kier molecular flexibility index (Phi) is 4.71. The molecule has 2 heterocycles. The Labute approximate surface area is 126 Å². The van der Waals surface area contributed by atoms with Crippen molar-refractivity contribution in [2.45, 2.75) is 32.9 Å². The number of hydrogen-bond acceptors (Lipinski definition) is 3. The van der Waals surface area contributed by atoms with Gasteiger partial charge in [-0.05, 0) is 60.1 Å². The van der Waals surface area contributed by atoms with Crippen molar-refractivity contribution in [2.24, 2.45) is 0 Å². The number of hydrogen-bond donors (Lipinski definition) is 1. The molecule has 0 aliphatic carbocycles. The van der Waals surface area contributed by atoms with E-state index in [0.29, 0.717) is 5.22 Å². The van der Waals surface area contributed by atoms with E-state index in [-0.39, 0.29) is 12.1 Å². The van der Waals surface area contributed by atoms with Crippen LogP contribution in [-0.2, 0) is 0 Å². The van der Waals surface area contributed by atoms with E-state index in [9.17, 15) is 0 Å². The molecule has 2 aromatic rings. The standard InChI is InChI=1S/C13H17BrClN3O/c1-4-16-12(10-5-6-11(15)19-10)13-9(14)7-17-18(13)8(2)3/h5-8,12,16H,4H2,1-3H3. The van der Waals surface area contributed by atoms with Crippen molar-refractivity contribution in [3.05, 3.63) is 39.5 Å². The number of rotatable bonds is 5. The maximum absolute atomic E-state index is 5.88. The Morgan fingerprint density at radius 2 is 2.21 bits per heavy atom. The van der Waals surface area contributed by atoms with E-state index in [0.717, 1.165) is 22.5 Å². The fraction of sp³-hybridized carbons (Fsp3) is 0.462. The first-order valence-electron chi connectivity index (χ1n) is 6.26. The van der Waals surface area contributed by atoms with Crippen LogP contribution in [0.5, 0.6) is 0 Å². The molecule has 0 saturated heterocycles. The molecule has 1 atom stereocenters. The summed E-state index contributed by atoms with van der Waals surface area (Å²) in [5, 5.41) is 8.21. The zero-order chi connectivity index (χ0) is 14.0. The van der Waals surface area contributed by atoms with Crippen LogP contribution in [0, 0.1) is 0 Å². The van der Waals surface area contributed by atoms with Crippen molar-refractivity contribution in [2.75, 3.05) is 6.54 Å². The van der Waals surface area contributed by atoms with Crippen LogP contribution in [0.15, 0.2) is 27.2 Å². The van der Waals surface area contributed by atoms with Crippen molar-refractivity contribution < 1.29 is 4.42 Å². The lowest BCUT2D eigenvalue weighted by molar-refractivity contribution is 0.416. The van der Waals surface area contributed by atoms with Crippen molar-refractivity contribution >= 4 is 27.5 Å². The third-order valence-corrected chi connectivity index (χ3v) is 3.65. The van der Waals surface area contributed by atoms with Crippen LogP contribution in [0.25, 0.3) is 0 Å². The van der Waals surface area contributed by atoms with Gasteiger partial charge in [-0.15, -0.1) is 0 Å². The maximum Gasteiger partial charge on any atom is 0.193 e. The van der Waals surface area contributed by atoms with E-state index in [1.807, 2.05) is 16.9 Å². The van der Waals surface area contributed by atoms with Gasteiger partial charge in [-0.2, -0.15) is 5.10 Å². The smallest absolute Gasteiger partial charge is 0.193 e. The Balaban J connectivity index is 2.47. The first-order valence-corrected chi connectivity index (χ1v) is 7.43. The molecule has 2 aromatic heterocycles. The van der Waals surface area contributed by atoms with Crippen molar-refractivity contribution in [3.63, 3.8) is 0 Å². The van der Waals surface area contributed by atoms with Gasteiger partial charge in [0.25, 0.3) is 0 Å². The van der Waals surface area contributed by atoms with Gasteiger partial charge >= 0.3 is 0 Å². The van der Waals surface area contributed by atoms with Crippen LogP contribution in [-0.4, -0.2) is 16.3 Å². The molecule has 4 nitrogen and oxygen atoms in total. The molecular weight excluding hydrogens is 330 g/mol. The molecule has 0 amide bonds. The maximum atomic E-state index is 5.88. The van der Waals surface area contributed by atoms with Crippen LogP contribution in [0.4, 0.5) is 0 Å². The van der Waals surface area contributed by atoms with Gasteiger partial charge in [0, 0.05) is 6.04 Å². The number of nitrogens with zero attached hydrogens (tertiary/aromatic N) is 2. The van der Waals surface area contributed by atoms with Crippen LogP contribution >= 0.6 is 27.5 Å². The average Bonchev–Trinajstić information content (AvgIpc) is 2.93. The Hall–Kier alpha value is -0.780. The second-order valence-electron chi connectivity index (χ2n) is 4.55. The summed E-state index contributed by atoms with van der Waals surface area (Å²) >= 11 is 9.44. The van der Waals surface area contributed by atoms with E-state index >= 15 is 0 Å². The Morgan fingerprint density at radius 1 is 1.47 bits per heavy atom. The summed E-state index contributed by atoms with van der Waals surface area (Å²) in [6.45, 7) is 7.07. The Bertz CT molecular complexity index is 550. The molecule has 2 rings (SSSR count). The molecule has 6 heteroatoms. The quantitative estimate of drug-likeness (QED) is 0.883. The zero-order valence-electron chi connectivity index (χ0n) is 11.2. The summed E-state index contributed by atoms with van der Waals surface area (Å²) in [6.07, 6.45) is 1.81. The van der Waals surface area contributed by atoms with Crippen LogP contribution < -0.4 is 5.32 Å². The lowest BCUT2D eigenvalue weighted by Crippen LogP contribution is -2.25. The van der Waals surface area contributed by atoms with Gasteiger partial charge in [0.1, 0.15) is 11.8 Å². The minimum Gasteiger partial charge on any atom is -0.448 e. The minimum absolute atomic E-state index is 0.0724. The SMILES string of the molecule is CCNC(c1ccc(Cl)o1)c1c(Br)cnn1C(C)C. The highest BCUT2D eigenvalue weighted by Gasteiger charge is 2.25. The summed E-state index contributed by atoms with van der Waals surface area (Å²) in [5.74, 6) is 0.787. The van der Waals surface area contributed by atoms with E-state index in [1.54, 1.807) is 6.07 Å². The van der Waals surface area contributed by atoms with E-state index < -0.39 is 0 Å². The van der Waals surface area contributed by atoms with Gasteiger partial charge in [-0.3, -0.25) is 4.68 Å². The first-order chi connectivity index (χ1) is 9.04. The van der Waals surface area contributed by atoms with Gasteiger partial charge in [0.15, 0.2) is 5.22 Å². The van der Waals surface area contributed by atoms with Crippen molar-refractivity contribution in [1.29, 1.82) is 0 Å². The Morgan fingerprint density at radius 3 is 2.74 bits per heavy atom. The molecule has 1 N–H and O–H groups in total. The molecule has 0 aliphatic rings. The number of furan rings is 1. The molecule has 0 bridgehead atoms. The van der Waals surface area contributed by atoms with Crippen LogP contribution in [0.2, 0.25) is 5.22 Å².